The maximum absolute atomic E-state index is 13.4. The van der Waals surface area contributed by atoms with E-state index in [1.54, 1.807) is 0 Å². The van der Waals surface area contributed by atoms with E-state index in [4.69, 9.17) is 9.52 Å². The third-order valence-corrected chi connectivity index (χ3v) is 7.03. The van der Waals surface area contributed by atoms with Crippen molar-refractivity contribution >= 4 is 17.9 Å². The van der Waals surface area contributed by atoms with E-state index >= 15 is 0 Å². The molecule has 0 aliphatic heterocycles. The first-order chi connectivity index (χ1) is 20.8. The summed E-state index contributed by atoms with van der Waals surface area (Å²) in [7, 11) is 0. The number of hydrogen-bond acceptors (Lipinski definition) is 6. The maximum atomic E-state index is 13.4. The molecular formula is C33H36N4O6. The maximum Gasteiger partial charge on any atom is 0.404 e. The number of nitrogens with zero attached hydrogens (tertiary/aromatic N) is 1. The number of amides is 3. The Morgan fingerprint density at radius 2 is 1.44 bits per heavy atom. The molecule has 5 N–H and O–H groups in total. The normalized spacial score (nSPS) is 12.3. The molecule has 0 aliphatic rings. The van der Waals surface area contributed by atoms with Crippen molar-refractivity contribution in [3.8, 4) is 0 Å². The second kappa shape index (κ2) is 15.3. The van der Waals surface area contributed by atoms with Gasteiger partial charge in [0.1, 0.15) is 6.26 Å². The zero-order chi connectivity index (χ0) is 30.5. The molecule has 43 heavy (non-hydrogen) atoms. The van der Waals surface area contributed by atoms with Crippen LogP contribution < -0.4 is 16.0 Å². The molecule has 0 radical (unpaired) electrons. The van der Waals surface area contributed by atoms with Gasteiger partial charge in [0.05, 0.1) is 12.6 Å². The molecule has 1 aromatic heterocycles. The van der Waals surface area contributed by atoms with Gasteiger partial charge < -0.3 is 30.6 Å². The molecule has 1 heterocycles. The zero-order valence-electron chi connectivity index (χ0n) is 23.7. The topological polar surface area (TPSA) is 154 Å². The lowest BCUT2D eigenvalue weighted by Crippen LogP contribution is -2.41. The van der Waals surface area contributed by atoms with Crippen molar-refractivity contribution < 1.29 is 29.0 Å². The molecule has 0 saturated heterocycles. The van der Waals surface area contributed by atoms with Crippen LogP contribution in [0.2, 0.25) is 0 Å². The number of nitrogens with one attached hydrogen (secondary N) is 3. The van der Waals surface area contributed by atoms with Crippen molar-refractivity contribution in [2.45, 2.75) is 43.7 Å². The Balaban J connectivity index is 1.47. The van der Waals surface area contributed by atoms with Crippen LogP contribution in [0.3, 0.4) is 0 Å². The summed E-state index contributed by atoms with van der Waals surface area (Å²) < 4.78 is 5.66. The van der Waals surface area contributed by atoms with Crippen molar-refractivity contribution in [3.05, 3.63) is 126 Å². The third kappa shape index (κ3) is 9.27. The molecule has 4 aromatic rings. The van der Waals surface area contributed by atoms with Crippen molar-refractivity contribution in [2.24, 2.45) is 0 Å². The van der Waals surface area contributed by atoms with Crippen molar-refractivity contribution in [2.75, 3.05) is 13.1 Å². The first-order valence-electron chi connectivity index (χ1n) is 14.2. The molecule has 4 rings (SSSR count). The SMILES string of the molecule is O=C(O)NCCCCC(=O)NCC(O)(CCc1ccccc1)c1nc(C(=O)NC(c2ccccc2)c2ccccc2)co1. The van der Waals surface area contributed by atoms with Crippen LogP contribution in [-0.4, -0.2) is 46.2 Å². The summed E-state index contributed by atoms with van der Waals surface area (Å²) in [6.07, 6.45) is 1.89. The lowest BCUT2D eigenvalue weighted by atomic mass is 9.94. The number of carbonyl (C=O) groups excluding carboxylic acids is 2. The van der Waals surface area contributed by atoms with Crippen LogP contribution in [0.25, 0.3) is 0 Å². The smallest absolute Gasteiger partial charge is 0.404 e. The fourth-order valence-electron chi connectivity index (χ4n) is 4.65. The molecule has 1 atom stereocenters. The number of carboxylic acid groups (broad SMARTS) is 1. The molecule has 0 saturated carbocycles. The van der Waals surface area contributed by atoms with Gasteiger partial charge in [-0.1, -0.05) is 91.0 Å². The van der Waals surface area contributed by atoms with Crippen LogP contribution in [-0.2, 0) is 16.8 Å². The fourth-order valence-corrected chi connectivity index (χ4v) is 4.65. The van der Waals surface area contributed by atoms with Crippen LogP contribution >= 0.6 is 0 Å². The highest BCUT2D eigenvalue weighted by atomic mass is 16.4. The summed E-state index contributed by atoms with van der Waals surface area (Å²) in [5.74, 6) is -0.848. The van der Waals surface area contributed by atoms with E-state index in [1.165, 1.54) is 6.26 Å². The van der Waals surface area contributed by atoms with E-state index in [1.807, 2.05) is 91.0 Å². The Morgan fingerprint density at radius 3 is 2.05 bits per heavy atom. The van der Waals surface area contributed by atoms with Gasteiger partial charge >= 0.3 is 6.09 Å². The van der Waals surface area contributed by atoms with Gasteiger partial charge in [0.2, 0.25) is 11.8 Å². The molecule has 0 fully saturated rings. The zero-order valence-corrected chi connectivity index (χ0v) is 23.7. The minimum atomic E-state index is -1.69. The van der Waals surface area contributed by atoms with Gasteiger partial charge in [0, 0.05) is 13.0 Å². The lowest BCUT2D eigenvalue weighted by molar-refractivity contribution is -0.123. The van der Waals surface area contributed by atoms with E-state index in [9.17, 15) is 19.5 Å². The highest BCUT2D eigenvalue weighted by Gasteiger charge is 2.36. The number of benzene rings is 3. The van der Waals surface area contributed by atoms with Crippen LogP contribution in [0, 0.1) is 0 Å². The van der Waals surface area contributed by atoms with Gasteiger partial charge in [-0.05, 0) is 42.4 Å². The summed E-state index contributed by atoms with van der Waals surface area (Å²) in [6, 6.07) is 28.3. The number of aliphatic hydroxyl groups is 1. The molecule has 10 nitrogen and oxygen atoms in total. The van der Waals surface area contributed by atoms with E-state index in [-0.39, 0.29) is 43.4 Å². The fraction of sp³-hybridized carbons (Fsp3) is 0.273. The van der Waals surface area contributed by atoms with E-state index in [0.717, 1.165) is 16.7 Å². The second-order valence-electron chi connectivity index (χ2n) is 10.2. The molecule has 3 amide bonds. The van der Waals surface area contributed by atoms with Crippen molar-refractivity contribution in [1.29, 1.82) is 0 Å². The van der Waals surface area contributed by atoms with Crippen LogP contribution in [0.4, 0.5) is 4.79 Å². The number of aryl methyl sites for hydroxylation is 1. The van der Waals surface area contributed by atoms with Crippen LogP contribution in [0.5, 0.6) is 0 Å². The number of unbranched alkanes of at least 4 members (excludes halogenated alkanes) is 1. The molecule has 224 valence electrons. The van der Waals surface area contributed by atoms with E-state index < -0.39 is 23.6 Å². The lowest BCUT2D eigenvalue weighted by Gasteiger charge is -2.25. The summed E-state index contributed by atoms with van der Waals surface area (Å²) in [4.78, 5) is 40.8. The van der Waals surface area contributed by atoms with Gasteiger partial charge in [0.25, 0.3) is 5.91 Å². The van der Waals surface area contributed by atoms with Crippen molar-refractivity contribution in [3.63, 3.8) is 0 Å². The first-order valence-corrected chi connectivity index (χ1v) is 14.2. The summed E-state index contributed by atoms with van der Waals surface area (Å²) >= 11 is 0. The summed E-state index contributed by atoms with van der Waals surface area (Å²) in [5, 5.41) is 28.4. The minimum absolute atomic E-state index is 0.00209. The summed E-state index contributed by atoms with van der Waals surface area (Å²) in [6.45, 7) is 0.0739. The molecule has 1 unspecified atom stereocenters. The number of aromatic nitrogens is 1. The number of rotatable bonds is 15. The Kier molecular flexibility index (Phi) is 11.0. The quantitative estimate of drug-likeness (QED) is 0.128. The average molecular weight is 585 g/mol. The highest BCUT2D eigenvalue weighted by Crippen LogP contribution is 2.27. The minimum Gasteiger partial charge on any atom is -0.465 e. The largest absolute Gasteiger partial charge is 0.465 e. The highest BCUT2D eigenvalue weighted by molar-refractivity contribution is 5.92. The van der Waals surface area contributed by atoms with Gasteiger partial charge in [-0.2, -0.15) is 0 Å². The van der Waals surface area contributed by atoms with Gasteiger partial charge in [-0.15, -0.1) is 0 Å². The van der Waals surface area contributed by atoms with Gasteiger partial charge in [-0.3, -0.25) is 9.59 Å². The Labute approximate surface area is 250 Å². The third-order valence-electron chi connectivity index (χ3n) is 7.03. The molecule has 0 bridgehead atoms. The number of hydrogen-bond donors (Lipinski definition) is 5. The van der Waals surface area contributed by atoms with Crippen LogP contribution in [0.15, 0.2) is 102 Å². The molecular weight excluding hydrogens is 548 g/mol. The van der Waals surface area contributed by atoms with E-state index in [2.05, 4.69) is 20.9 Å². The first kappa shape index (κ1) is 31.0. The predicted octanol–water partition coefficient (Wildman–Crippen LogP) is 4.57. The average Bonchev–Trinajstić information content (AvgIpc) is 3.54. The standard InChI is InChI=1S/C33H36N4O6/c38-28(18-10-11-21-34-32(40)41)35-23-33(42,20-19-24-12-4-1-5-13-24)31-36-27(22-43-31)30(39)37-29(25-14-6-2-7-15-25)26-16-8-3-9-17-26/h1-9,12-17,22,29,34,42H,10-11,18-21,23H2,(H,35,38)(H,37,39)(H,40,41). The number of oxazole rings is 1. The van der Waals surface area contributed by atoms with Gasteiger partial charge in [0.15, 0.2) is 11.3 Å². The molecule has 10 heteroatoms. The number of carbonyl (C=O) groups is 3. The van der Waals surface area contributed by atoms with Crippen LogP contribution in [0.1, 0.15) is 64.8 Å². The van der Waals surface area contributed by atoms with Crippen molar-refractivity contribution in [1.82, 2.24) is 20.9 Å². The Bertz CT molecular complexity index is 1420. The predicted molar refractivity (Wildman–Crippen MR) is 160 cm³/mol. The Morgan fingerprint density at radius 1 is 0.837 bits per heavy atom. The molecule has 0 spiro atoms. The monoisotopic (exact) mass is 584 g/mol. The molecule has 3 aromatic carbocycles. The molecule has 0 aliphatic carbocycles. The second-order valence-corrected chi connectivity index (χ2v) is 10.2. The summed E-state index contributed by atoms with van der Waals surface area (Å²) in [5.41, 5.74) is 1.09. The Hall–Kier alpha value is -4.96. The van der Waals surface area contributed by atoms with E-state index in [0.29, 0.717) is 19.3 Å². The van der Waals surface area contributed by atoms with Gasteiger partial charge in [-0.25, -0.2) is 9.78 Å².